The molecule has 5 heteroatoms. The monoisotopic (exact) mass is 305 g/mol. The Hall–Kier alpha value is -2.01. The fourth-order valence-corrected chi connectivity index (χ4v) is 3.02. The number of hydrogen-bond acceptors (Lipinski definition) is 3. The molecule has 0 atom stereocenters. The SMILES string of the molecule is COc1cccc(N(Cc2cccc(C)c2)S(C)(=O)=O)c1. The van der Waals surface area contributed by atoms with Gasteiger partial charge in [-0.05, 0) is 24.6 Å². The van der Waals surface area contributed by atoms with Crippen LogP contribution in [0.2, 0.25) is 0 Å². The minimum Gasteiger partial charge on any atom is -0.497 e. The van der Waals surface area contributed by atoms with Crippen molar-refractivity contribution in [3.05, 3.63) is 59.7 Å². The number of anilines is 1. The average molecular weight is 305 g/mol. The molecule has 0 saturated heterocycles. The van der Waals surface area contributed by atoms with E-state index in [4.69, 9.17) is 4.74 Å². The summed E-state index contributed by atoms with van der Waals surface area (Å²) in [6.07, 6.45) is 1.21. The van der Waals surface area contributed by atoms with Crippen molar-refractivity contribution in [2.24, 2.45) is 0 Å². The maximum Gasteiger partial charge on any atom is 0.232 e. The molecule has 0 aliphatic heterocycles. The molecule has 0 spiro atoms. The molecule has 0 unspecified atom stereocenters. The molecular weight excluding hydrogens is 286 g/mol. The van der Waals surface area contributed by atoms with Crippen molar-refractivity contribution in [3.63, 3.8) is 0 Å². The number of sulfonamides is 1. The van der Waals surface area contributed by atoms with Gasteiger partial charge >= 0.3 is 0 Å². The van der Waals surface area contributed by atoms with Gasteiger partial charge in [0, 0.05) is 6.07 Å². The molecule has 2 rings (SSSR count). The summed E-state index contributed by atoms with van der Waals surface area (Å²) < 4.78 is 30.8. The zero-order valence-electron chi connectivity index (χ0n) is 12.4. The number of rotatable bonds is 5. The van der Waals surface area contributed by atoms with Crippen LogP contribution in [-0.2, 0) is 16.6 Å². The minimum absolute atomic E-state index is 0.299. The Kier molecular flexibility index (Phi) is 4.53. The number of methoxy groups -OCH3 is 1. The minimum atomic E-state index is -3.38. The van der Waals surface area contributed by atoms with Crippen LogP contribution in [0.5, 0.6) is 5.75 Å². The topological polar surface area (TPSA) is 46.6 Å². The summed E-state index contributed by atoms with van der Waals surface area (Å²) >= 11 is 0. The van der Waals surface area contributed by atoms with Gasteiger partial charge in [-0.3, -0.25) is 4.31 Å². The Morgan fingerprint density at radius 3 is 2.43 bits per heavy atom. The zero-order valence-corrected chi connectivity index (χ0v) is 13.2. The van der Waals surface area contributed by atoms with Gasteiger partial charge in [-0.25, -0.2) is 8.42 Å². The third-order valence-corrected chi connectivity index (χ3v) is 4.29. The zero-order chi connectivity index (χ0) is 15.5. The van der Waals surface area contributed by atoms with Crippen molar-refractivity contribution in [1.29, 1.82) is 0 Å². The molecule has 0 aliphatic carbocycles. The van der Waals surface area contributed by atoms with Gasteiger partial charge in [0.2, 0.25) is 10.0 Å². The molecule has 0 bridgehead atoms. The van der Waals surface area contributed by atoms with Gasteiger partial charge in [0.25, 0.3) is 0 Å². The van der Waals surface area contributed by atoms with E-state index >= 15 is 0 Å². The highest BCUT2D eigenvalue weighted by Crippen LogP contribution is 2.25. The lowest BCUT2D eigenvalue weighted by Crippen LogP contribution is -2.29. The number of benzene rings is 2. The van der Waals surface area contributed by atoms with E-state index < -0.39 is 10.0 Å². The molecule has 0 saturated carbocycles. The molecule has 0 N–H and O–H groups in total. The second kappa shape index (κ2) is 6.18. The maximum atomic E-state index is 12.1. The number of nitrogens with zero attached hydrogens (tertiary/aromatic N) is 1. The molecule has 2 aromatic rings. The Bertz CT molecular complexity index is 726. The van der Waals surface area contributed by atoms with Crippen LogP contribution in [0.3, 0.4) is 0 Å². The van der Waals surface area contributed by atoms with E-state index in [9.17, 15) is 8.42 Å². The van der Waals surface area contributed by atoms with Crippen molar-refractivity contribution in [3.8, 4) is 5.75 Å². The molecule has 0 amide bonds. The second-order valence-corrected chi connectivity index (χ2v) is 6.87. The largest absolute Gasteiger partial charge is 0.497 e. The molecule has 21 heavy (non-hydrogen) atoms. The average Bonchev–Trinajstić information content (AvgIpc) is 2.44. The summed E-state index contributed by atoms with van der Waals surface area (Å²) in [4.78, 5) is 0. The molecule has 0 aliphatic rings. The predicted molar refractivity (Wildman–Crippen MR) is 85.2 cm³/mol. The summed E-state index contributed by atoms with van der Waals surface area (Å²) in [5, 5.41) is 0. The van der Waals surface area contributed by atoms with E-state index in [0.717, 1.165) is 11.1 Å². The molecule has 2 aromatic carbocycles. The van der Waals surface area contributed by atoms with Crippen LogP contribution in [-0.4, -0.2) is 21.8 Å². The van der Waals surface area contributed by atoms with Gasteiger partial charge in [-0.2, -0.15) is 0 Å². The fraction of sp³-hybridized carbons (Fsp3) is 0.250. The van der Waals surface area contributed by atoms with E-state index in [1.807, 2.05) is 31.2 Å². The maximum absolute atomic E-state index is 12.1. The Balaban J connectivity index is 2.39. The lowest BCUT2D eigenvalue weighted by molar-refractivity contribution is 0.415. The first-order valence-corrected chi connectivity index (χ1v) is 8.42. The molecular formula is C16H19NO3S. The predicted octanol–water partition coefficient (Wildman–Crippen LogP) is 2.97. The van der Waals surface area contributed by atoms with E-state index in [2.05, 4.69) is 0 Å². The second-order valence-electron chi connectivity index (χ2n) is 4.96. The molecule has 0 aromatic heterocycles. The molecule has 112 valence electrons. The van der Waals surface area contributed by atoms with Gasteiger partial charge in [-0.15, -0.1) is 0 Å². The van der Waals surface area contributed by atoms with E-state index in [1.54, 1.807) is 31.4 Å². The lowest BCUT2D eigenvalue weighted by atomic mass is 10.1. The molecule has 4 nitrogen and oxygen atoms in total. The van der Waals surface area contributed by atoms with Crippen molar-refractivity contribution in [2.75, 3.05) is 17.7 Å². The van der Waals surface area contributed by atoms with Gasteiger partial charge in [0.1, 0.15) is 5.75 Å². The third kappa shape index (κ3) is 3.98. The van der Waals surface area contributed by atoms with Crippen LogP contribution in [0.15, 0.2) is 48.5 Å². The van der Waals surface area contributed by atoms with E-state index in [0.29, 0.717) is 18.0 Å². The smallest absolute Gasteiger partial charge is 0.232 e. The molecule has 0 radical (unpaired) electrons. The van der Waals surface area contributed by atoms with Gasteiger partial charge in [0.05, 0.1) is 25.6 Å². The van der Waals surface area contributed by atoms with Crippen LogP contribution in [0.25, 0.3) is 0 Å². The van der Waals surface area contributed by atoms with Gasteiger partial charge < -0.3 is 4.74 Å². The first kappa shape index (κ1) is 15.4. The molecule has 0 fully saturated rings. The van der Waals surface area contributed by atoms with Crippen LogP contribution in [0.1, 0.15) is 11.1 Å². The van der Waals surface area contributed by atoms with Crippen molar-refractivity contribution < 1.29 is 13.2 Å². The highest BCUT2D eigenvalue weighted by atomic mass is 32.2. The standard InChI is InChI=1S/C16H19NO3S/c1-13-6-4-7-14(10-13)12-17(21(3,18)19)15-8-5-9-16(11-15)20-2/h4-11H,12H2,1-3H3. The Morgan fingerprint density at radius 2 is 1.81 bits per heavy atom. The first-order valence-electron chi connectivity index (χ1n) is 6.57. The van der Waals surface area contributed by atoms with E-state index in [-0.39, 0.29) is 0 Å². The summed E-state index contributed by atoms with van der Waals surface area (Å²) in [7, 11) is -1.82. The summed E-state index contributed by atoms with van der Waals surface area (Å²) in [6.45, 7) is 2.29. The van der Waals surface area contributed by atoms with Crippen LogP contribution in [0.4, 0.5) is 5.69 Å². The van der Waals surface area contributed by atoms with E-state index in [1.165, 1.54) is 10.6 Å². The lowest BCUT2D eigenvalue weighted by Gasteiger charge is -2.23. The van der Waals surface area contributed by atoms with Crippen LogP contribution < -0.4 is 9.04 Å². The molecule has 0 heterocycles. The third-order valence-electron chi connectivity index (χ3n) is 3.15. The normalized spacial score (nSPS) is 11.2. The van der Waals surface area contributed by atoms with Crippen molar-refractivity contribution >= 4 is 15.7 Å². The highest BCUT2D eigenvalue weighted by Gasteiger charge is 2.18. The highest BCUT2D eigenvalue weighted by molar-refractivity contribution is 7.92. The summed E-state index contributed by atoms with van der Waals surface area (Å²) in [5.41, 5.74) is 2.65. The number of aryl methyl sites for hydroxylation is 1. The van der Waals surface area contributed by atoms with Gasteiger partial charge in [-0.1, -0.05) is 35.9 Å². The Morgan fingerprint density at radius 1 is 1.10 bits per heavy atom. The number of ether oxygens (including phenoxy) is 1. The van der Waals surface area contributed by atoms with Gasteiger partial charge in [0.15, 0.2) is 0 Å². The number of hydrogen-bond donors (Lipinski definition) is 0. The summed E-state index contributed by atoms with van der Waals surface area (Å²) in [6, 6.07) is 14.9. The quantitative estimate of drug-likeness (QED) is 0.853. The first-order chi connectivity index (χ1) is 9.90. The van der Waals surface area contributed by atoms with Crippen LogP contribution >= 0.6 is 0 Å². The van der Waals surface area contributed by atoms with Crippen LogP contribution in [0, 0.1) is 6.92 Å². The fourth-order valence-electron chi connectivity index (χ4n) is 2.14. The summed E-state index contributed by atoms with van der Waals surface area (Å²) in [5.74, 6) is 0.630. The van der Waals surface area contributed by atoms with Crippen molar-refractivity contribution in [2.45, 2.75) is 13.5 Å². The Labute approximate surface area is 126 Å². The van der Waals surface area contributed by atoms with Crippen molar-refractivity contribution in [1.82, 2.24) is 0 Å².